The fraction of sp³-hybridized carbons (Fsp3) is 0.368. The zero-order valence-electron chi connectivity index (χ0n) is 29.4. The van der Waals surface area contributed by atoms with Crippen molar-refractivity contribution in [1.29, 1.82) is 0 Å². The van der Waals surface area contributed by atoms with Crippen LogP contribution < -0.4 is 14.2 Å². The van der Waals surface area contributed by atoms with E-state index in [0.717, 1.165) is 6.08 Å². The van der Waals surface area contributed by atoms with Crippen LogP contribution >= 0.6 is 0 Å². The van der Waals surface area contributed by atoms with E-state index in [1.54, 1.807) is 19.1 Å². The minimum Gasteiger partial charge on any atom is -0.508 e. The Labute approximate surface area is 313 Å². The zero-order valence-corrected chi connectivity index (χ0v) is 29.4. The van der Waals surface area contributed by atoms with E-state index in [4.69, 9.17) is 32.8 Å². The number of hydrogen-bond donors (Lipinski definition) is 9. The zero-order chi connectivity index (χ0) is 39.6. The molecule has 10 atom stereocenters. The SMILES string of the molecule is COc1cc(-c2[o+]c3cc(O)cc(O[C@@H]4OC(CO)[C@@H](O)[C@H](O)C4C)c3cc2O[C@@H]2O[C@H](COC(=O)C=Cc3ccc(O)cc3)[C@@H](O)[C@H](O)[C@H]2O)ccc1O. The summed E-state index contributed by atoms with van der Waals surface area (Å²) in [5, 5.41) is 93.7. The van der Waals surface area contributed by atoms with Crippen LogP contribution in [0.25, 0.3) is 28.4 Å². The molecular formula is C38H41O17+. The summed E-state index contributed by atoms with van der Waals surface area (Å²) < 4.78 is 40.5. The van der Waals surface area contributed by atoms with Gasteiger partial charge in [0.15, 0.2) is 11.5 Å². The summed E-state index contributed by atoms with van der Waals surface area (Å²) in [6.45, 7) is 0.354. The first-order chi connectivity index (χ1) is 26.3. The van der Waals surface area contributed by atoms with Crippen LogP contribution in [0.5, 0.6) is 34.5 Å². The number of aliphatic hydroxyl groups excluding tert-OH is 6. The number of phenols is 3. The standard InChI is InChI=1S/C38H40O17/c1-17-31(44)32(45)28(15-39)54-37(17)52-25-13-21(41)12-24-22(25)14-27(36(51-24)19-6-9-23(42)26(11-19)49-2)53-38-35(48)34(47)33(46)29(55-38)16-50-30(43)10-5-18-3-7-20(40)8-4-18/h3-14,17,28-29,31-35,37-39,44-48H,15-16H2,1-2H3,(H2-,40,41,42,43)/p+1/t17?,28?,29-,31-,32-,33-,34+,35-,37-,38-/m1/s1. The molecule has 17 nitrogen and oxygen atoms in total. The van der Waals surface area contributed by atoms with Gasteiger partial charge in [0.1, 0.15) is 65.9 Å². The Kier molecular flexibility index (Phi) is 11.9. The summed E-state index contributed by atoms with van der Waals surface area (Å²) in [5.41, 5.74) is 0.882. The Morgan fingerprint density at radius 3 is 2.16 bits per heavy atom. The number of rotatable bonds is 11. The predicted octanol–water partition coefficient (Wildman–Crippen LogP) is 1.40. The highest BCUT2D eigenvalue weighted by molar-refractivity contribution is 5.89. The van der Waals surface area contributed by atoms with Crippen molar-refractivity contribution in [2.45, 2.75) is 62.2 Å². The number of carbonyl (C=O) groups excluding carboxylic acids is 1. The van der Waals surface area contributed by atoms with Crippen LogP contribution in [0, 0.1) is 5.92 Å². The summed E-state index contributed by atoms with van der Waals surface area (Å²) in [7, 11) is 1.33. The second-order valence-corrected chi connectivity index (χ2v) is 13.1. The minimum absolute atomic E-state index is 0.0258. The van der Waals surface area contributed by atoms with Crippen molar-refractivity contribution in [3.63, 3.8) is 0 Å². The number of aliphatic hydroxyl groups is 6. The van der Waals surface area contributed by atoms with Gasteiger partial charge in [-0.2, -0.15) is 0 Å². The lowest BCUT2D eigenvalue weighted by Crippen LogP contribution is -2.60. The summed E-state index contributed by atoms with van der Waals surface area (Å²) in [6.07, 6.45) is -11.1. The molecule has 0 bridgehead atoms. The maximum absolute atomic E-state index is 12.5. The van der Waals surface area contributed by atoms with Crippen molar-refractivity contribution in [3.8, 4) is 45.8 Å². The number of aromatic hydroxyl groups is 3. The molecule has 4 aromatic rings. The second kappa shape index (κ2) is 16.6. The van der Waals surface area contributed by atoms with Crippen LogP contribution in [-0.2, 0) is 19.0 Å². The Morgan fingerprint density at radius 1 is 0.764 bits per heavy atom. The molecule has 0 amide bonds. The normalized spacial score (nSPS) is 28.2. The Morgan fingerprint density at radius 2 is 1.45 bits per heavy atom. The molecule has 2 fully saturated rings. The van der Waals surface area contributed by atoms with Crippen molar-refractivity contribution >= 4 is 23.0 Å². The smallest absolute Gasteiger partial charge is 0.402 e. The molecule has 0 saturated carbocycles. The average molecular weight is 770 g/mol. The number of benzene rings is 3. The quantitative estimate of drug-likeness (QED) is 0.0593. The maximum atomic E-state index is 12.5. The third-order valence-electron chi connectivity index (χ3n) is 9.28. The van der Waals surface area contributed by atoms with Crippen molar-refractivity contribution in [2.75, 3.05) is 20.3 Å². The van der Waals surface area contributed by atoms with Gasteiger partial charge in [-0.25, -0.2) is 9.21 Å². The topological polar surface area (TPSA) is 266 Å². The molecule has 2 aliphatic heterocycles. The predicted molar refractivity (Wildman–Crippen MR) is 189 cm³/mol. The molecule has 3 aromatic carbocycles. The van der Waals surface area contributed by atoms with Crippen LogP contribution in [0.3, 0.4) is 0 Å². The molecule has 0 spiro atoms. The number of esters is 1. The highest BCUT2D eigenvalue weighted by atomic mass is 16.7. The van der Waals surface area contributed by atoms with Crippen molar-refractivity contribution in [1.82, 2.24) is 0 Å². The van der Waals surface area contributed by atoms with E-state index in [-0.39, 0.29) is 56.8 Å². The number of carbonyl (C=O) groups is 1. The molecule has 0 aliphatic carbocycles. The number of ether oxygens (including phenoxy) is 6. The first-order valence-electron chi connectivity index (χ1n) is 17.1. The van der Waals surface area contributed by atoms with Gasteiger partial charge in [0.05, 0.1) is 31.5 Å². The molecule has 2 saturated heterocycles. The molecule has 0 radical (unpaired) electrons. The monoisotopic (exact) mass is 769 g/mol. The molecule has 6 rings (SSSR count). The van der Waals surface area contributed by atoms with Gasteiger partial charge in [0, 0.05) is 30.2 Å². The molecular weight excluding hydrogens is 728 g/mol. The first-order valence-corrected chi connectivity index (χ1v) is 17.1. The largest absolute Gasteiger partial charge is 0.508 e. The Bertz CT molecular complexity index is 2000. The van der Waals surface area contributed by atoms with Crippen LogP contribution in [0.1, 0.15) is 12.5 Å². The van der Waals surface area contributed by atoms with Crippen LogP contribution in [0.4, 0.5) is 0 Å². The van der Waals surface area contributed by atoms with Gasteiger partial charge >= 0.3 is 17.3 Å². The average Bonchev–Trinajstić information content (AvgIpc) is 3.17. The van der Waals surface area contributed by atoms with Crippen molar-refractivity contribution in [2.24, 2.45) is 5.92 Å². The van der Waals surface area contributed by atoms with Gasteiger partial charge in [0.2, 0.25) is 18.3 Å². The fourth-order valence-corrected chi connectivity index (χ4v) is 6.09. The summed E-state index contributed by atoms with van der Waals surface area (Å²) in [6, 6.07) is 14.1. The summed E-state index contributed by atoms with van der Waals surface area (Å²) >= 11 is 0. The molecule has 3 heterocycles. The molecule has 294 valence electrons. The van der Waals surface area contributed by atoms with Gasteiger partial charge in [-0.1, -0.05) is 19.1 Å². The van der Waals surface area contributed by atoms with E-state index in [0.29, 0.717) is 5.56 Å². The molecule has 2 aliphatic rings. The van der Waals surface area contributed by atoms with E-state index < -0.39 is 80.4 Å². The van der Waals surface area contributed by atoms with E-state index in [9.17, 15) is 50.8 Å². The molecule has 55 heavy (non-hydrogen) atoms. The van der Waals surface area contributed by atoms with Gasteiger partial charge in [0.25, 0.3) is 0 Å². The minimum atomic E-state index is -1.86. The molecule has 9 N–H and O–H groups in total. The van der Waals surface area contributed by atoms with E-state index in [1.165, 1.54) is 61.7 Å². The van der Waals surface area contributed by atoms with Crippen molar-refractivity contribution < 1.29 is 83.6 Å². The number of phenolic OH excluding ortho intramolecular Hbond substituents is 3. The fourth-order valence-electron chi connectivity index (χ4n) is 6.09. The van der Waals surface area contributed by atoms with Crippen LogP contribution in [0.2, 0.25) is 0 Å². The number of methoxy groups -OCH3 is 1. The molecule has 1 aromatic heterocycles. The van der Waals surface area contributed by atoms with E-state index in [1.807, 2.05) is 0 Å². The summed E-state index contributed by atoms with van der Waals surface area (Å²) in [4.78, 5) is 12.5. The second-order valence-electron chi connectivity index (χ2n) is 13.1. The Hall–Kier alpha value is -5.24. The van der Waals surface area contributed by atoms with Gasteiger partial charge < -0.3 is 74.4 Å². The lowest BCUT2D eigenvalue weighted by molar-refractivity contribution is -0.278. The van der Waals surface area contributed by atoms with Gasteiger partial charge in [-0.05, 0) is 35.9 Å². The highest BCUT2D eigenvalue weighted by Crippen LogP contribution is 2.43. The third-order valence-corrected chi connectivity index (χ3v) is 9.28. The van der Waals surface area contributed by atoms with Crippen LogP contribution in [-0.4, -0.2) is 128 Å². The van der Waals surface area contributed by atoms with Gasteiger partial charge in [-0.3, -0.25) is 0 Å². The maximum Gasteiger partial charge on any atom is 0.402 e. The lowest BCUT2D eigenvalue weighted by atomic mass is 9.92. The first kappa shape index (κ1) is 39.5. The lowest BCUT2D eigenvalue weighted by Gasteiger charge is -2.40. The van der Waals surface area contributed by atoms with Crippen molar-refractivity contribution in [3.05, 3.63) is 72.3 Å². The highest BCUT2D eigenvalue weighted by Gasteiger charge is 2.47. The number of fused-ring (bicyclic) bond motifs is 1. The number of hydrogen-bond acceptors (Lipinski definition) is 16. The summed E-state index contributed by atoms with van der Waals surface area (Å²) in [5.74, 6) is -2.32. The van der Waals surface area contributed by atoms with Gasteiger partial charge in [-0.15, -0.1) is 0 Å². The third kappa shape index (κ3) is 8.54. The van der Waals surface area contributed by atoms with E-state index in [2.05, 4.69) is 0 Å². The van der Waals surface area contributed by atoms with E-state index >= 15 is 0 Å². The van der Waals surface area contributed by atoms with Crippen LogP contribution in [0.15, 0.2) is 71.2 Å². The Balaban J connectivity index is 1.33. The molecule has 17 heteroatoms. The molecule has 2 unspecified atom stereocenters.